The van der Waals surface area contributed by atoms with E-state index in [-0.39, 0.29) is 40.5 Å². The molecule has 0 radical (unpaired) electrons. The van der Waals surface area contributed by atoms with Gasteiger partial charge in [0.05, 0.1) is 19.8 Å². The molecule has 0 saturated heterocycles. The average Bonchev–Trinajstić information content (AvgIpc) is 2.53. The van der Waals surface area contributed by atoms with Crippen LogP contribution in [0.5, 0.6) is 11.9 Å². The second kappa shape index (κ2) is 6.60. The highest BCUT2D eigenvalue weighted by Crippen LogP contribution is 2.31. The zero-order valence-electron chi connectivity index (χ0n) is 12.8. The van der Waals surface area contributed by atoms with Gasteiger partial charge in [0.25, 0.3) is 0 Å². The van der Waals surface area contributed by atoms with E-state index >= 15 is 0 Å². The first kappa shape index (κ1) is 16.7. The summed E-state index contributed by atoms with van der Waals surface area (Å²) in [7, 11) is 2.79. The summed E-state index contributed by atoms with van der Waals surface area (Å²) in [5.74, 6) is -1.46. The first-order valence-corrected chi connectivity index (χ1v) is 6.39. The summed E-state index contributed by atoms with van der Waals surface area (Å²) < 4.78 is 10.1. The van der Waals surface area contributed by atoms with Gasteiger partial charge in [0.2, 0.25) is 5.88 Å². The Kier molecular flexibility index (Phi) is 4.58. The van der Waals surface area contributed by atoms with Gasteiger partial charge in [0, 0.05) is 6.20 Å². The number of nitrogens with zero attached hydrogens (tertiary/aromatic N) is 5. The highest BCUT2D eigenvalue weighted by Gasteiger charge is 2.21. The number of carbonyl (C=O) groups excluding carboxylic acids is 1. The molecule has 0 bridgehead atoms. The second-order valence-electron chi connectivity index (χ2n) is 4.31. The first-order chi connectivity index (χ1) is 11.4. The molecule has 0 aliphatic carbocycles. The summed E-state index contributed by atoms with van der Waals surface area (Å²) in [5, 5.41) is 0. The molecule has 12 heteroatoms. The fourth-order valence-electron chi connectivity index (χ4n) is 1.76. The van der Waals surface area contributed by atoms with Crippen molar-refractivity contribution < 1.29 is 14.3 Å². The molecule has 12 nitrogen and oxygen atoms in total. The molecule has 8 N–H and O–H groups in total. The van der Waals surface area contributed by atoms with Crippen molar-refractivity contribution in [2.24, 2.45) is 16.5 Å². The maximum Gasteiger partial charge on any atom is 0.319 e. The summed E-state index contributed by atoms with van der Waals surface area (Å²) in [4.78, 5) is 31.3. The van der Waals surface area contributed by atoms with E-state index in [1.807, 2.05) is 0 Å². The van der Waals surface area contributed by atoms with Crippen molar-refractivity contribution in [1.29, 1.82) is 0 Å². The molecule has 24 heavy (non-hydrogen) atoms. The first-order valence-electron chi connectivity index (χ1n) is 6.39. The number of hydrogen-bond acceptors (Lipinski definition) is 9. The molecule has 0 aromatic carbocycles. The average molecular weight is 333 g/mol. The predicted octanol–water partition coefficient (Wildman–Crippen LogP) is -1.47. The van der Waals surface area contributed by atoms with Crippen molar-refractivity contribution in [3.05, 3.63) is 11.9 Å². The quantitative estimate of drug-likeness (QED) is 0.375. The number of methoxy groups -OCH3 is 2. The highest BCUT2D eigenvalue weighted by molar-refractivity contribution is 6.03. The summed E-state index contributed by atoms with van der Waals surface area (Å²) in [6.45, 7) is 0. The number of guanidine groups is 1. The van der Waals surface area contributed by atoms with E-state index < -0.39 is 11.9 Å². The molecule has 0 spiro atoms. The number of carbonyl (C=O) groups is 1. The van der Waals surface area contributed by atoms with Crippen LogP contribution in [0.3, 0.4) is 0 Å². The maximum absolute atomic E-state index is 12.0. The van der Waals surface area contributed by atoms with Crippen LogP contribution in [0.2, 0.25) is 0 Å². The Hall–Kier alpha value is -3.70. The molecule has 0 saturated carbocycles. The minimum Gasteiger partial charge on any atom is -0.480 e. The third-order valence-corrected chi connectivity index (χ3v) is 2.75. The van der Waals surface area contributed by atoms with Crippen molar-refractivity contribution in [2.75, 3.05) is 25.7 Å². The Morgan fingerprint density at radius 1 is 1.08 bits per heavy atom. The smallest absolute Gasteiger partial charge is 0.319 e. The number of aromatic nitrogens is 4. The molecule has 1 amide bonds. The third-order valence-electron chi connectivity index (χ3n) is 2.75. The van der Waals surface area contributed by atoms with Gasteiger partial charge in [-0.25, -0.2) is 15.0 Å². The van der Waals surface area contributed by atoms with Crippen LogP contribution in [0.4, 0.5) is 11.6 Å². The van der Waals surface area contributed by atoms with Crippen LogP contribution in [0.1, 0.15) is 10.5 Å². The topological polar surface area (TPSA) is 204 Å². The largest absolute Gasteiger partial charge is 0.480 e. The zero-order chi connectivity index (χ0) is 17.9. The number of amides is 1. The minimum atomic E-state index is -0.866. The van der Waals surface area contributed by atoms with E-state index in [9.17, 15) is 4.79 Å². The number of hydrogen-bond donors (Lipinski definition) is 4. The minimum absolute atomic E-state index is 0.0548. The lowest BCUT2D eigenvalue weighted by molar-refractivity contribution is 0.0998. The van der Waals surface area contributed by atoms with Gasteiger partial charge in [-0.05, 0) is 0 Å². The van der Waals surface area contributed by atoms with Gasteiger partial charge in [-0.15, -0.1) is 0 Å². The van der Waals surface area contributed by atoms with Crippen molar-refractivity contribution in [2.45, 2.75) is 0 Å². The van der Waals surface area contributed by atoms with Crippen LogP contribution in [0.25, 0.3) is 11.3 Å². The lowest BCUT2D eigenvalue weighted by Crippen LogP contribution is -2.25. The number of nitrogen functional groups attached to an aromatic ring is 2. The van der Waals surface area contributed by atoms with Gasteiger partial charge in [-0.1, -0.05) is 0 Å². The Bertz CT molecular complexity index is 818. The molecule has 2 rings (SSSR count). The summed E-state index contributed by atoms with van der Waals surface area (Å²) >= 11 is 0. The van der Waals surface area contributed by atoms with E-state index in [0.29, 0.717) is 0 Å². The molecule has 2 aromatic rings. The van der Waals surface area contributed by atoms with Crippen LogP contribution in [-0.4, -0.2) is 46.0 Å². The van der Waals surface area contributed by atoms with Crippen molar-refractivity contribution in [3.8, 4) is 23.1 Å². The van der Waals surface area contributed by atoms with Crippen LogP contribution in [0, 0.1) is 0 Å². The monoisotopic (exact) mass is 333 g/mol. The number of ether oxygens (including phenoxy) is 2. The third kappa shape index (κ3) is 3.21. The molecule has 2 aromatic heterocycles. The zero-order valence-corrected chi connectivity index (χ0v) is 12.8. The Morgan fingerprint density at radius 2 is 1.79 bits per heavy atom. The maximum atomic E-state index is 12.0. The Labute approximate surface area is 135 Å². The van der Waals surface area contributed by atoms with Crippen LogP contribution < -0.4 is 32.4 Å². The Balaban J connectivity index is 2.63. The van der Waals surface area contributed by atoms with Crippen molar-refractivity contribution in [1.82, 2.24) is 19.9 Å². The fraction of sp³-hybridized carbons (Fsp3) is 0.167. The molecule has 0 aliphatic heterocycles. The van der Waals surface area contributed by atoms with E-state index in [0.717, 1.165) is 0 Å². The highest BCUT2D eigenvalue weighted by atomic mass is 16.5. The molecular formula is C12H15N9O3. The lowest BCUT2D eigenvalue weighted by Gasteiger charge is -2.11. The van der Waals surface area contributed by atoms with E-state index in [1.165, 1.54) is 20.4 Å². The number of aliphatic imine (C=N–C) groups is 1. The van der Waals surface area contributed by atoms with Gasteiger partial charge < -0.3 is 32.4 Å². The summed E-state index contributed by atoms with van der Waals surface area (Å²) in [6, 6.07) is 0.0781. The van der Waals surface area contributed by atoms with Crippen molar-refractivity contribution in [3.63, 3.8) is 0 Å². The van der Waals surface area contributed by atoms with Gasteiger partial charge in [-0.2, -0.15) is 9.98 Å². The SMILES string of the molecule is COc1ncc(-c2nc(C(=O)N=C(N)N)c(N)nc2N)c(OC)n1. The van der Waals surface area contributed by atoms with Gasteiger partial charge in [0.15, 0.2) is 23.3 Å². The molecular weight excluding hydrogens is 318 g/mol. The van der Waals surface area contributed by atoms with E-state index in [2.05, 4.69) is 24.9 Å². The molecule has 0 fully saturated rings. The fourth-order valence-corrected chi connectivity index (χ4v) is 1.76. The van der Waals surface area contributed by atoms with E-state index in [1.54, 1.807) is 0 Å². The van der Waals surface area contributed by atoms with Gasteiger partial charge >= 0.3 is 11.9 Å². The normalized spacial score (nSPS) is 10.1. The standard InChI is InChI=1S/C12H15N9O3/c1-23-10-4(3-17-12(21-10)24-2)5-7(13)19-8(14)6(18-5)9(22)20-11(15)16/h3H,1-2H3,(H4,13,14,19)(H4,15,16,20,22). The summed E-state index contributed by atoms with van der Waals surface area (Å²) in [6.07, 6.45) is 1.36. The van der Waals surface area contributed by atoms with E-state index in [4.69, 9.17) is 32.4 Å². The summed E-state index contributed by atoms with van der Waals surface area (Å²) in [5.41, 5.74) is 21.9. The number of rotatable bonds is 4. The van der Waals surface area contributed by atoms with Crippen LogP contribution in [-0.2, 0) is 0 Å². The molecule has 2 heterocycles. The van der Waals surface area contributed by atoms with Gasteiger partial charge in [-0.3, -0.25) is 4.79 Å². The Morgan fingerprint density at radius 3 is 2.38 bits per heavy atom. The molecule has 0 unspecified atom stereocenters. The van der Waals surface area contributed by atoms with Crippen molar-refractivity contribution >= 4 is 23.5 Å². The van der Waals surface area contributed by atoms with Crippen LogP contribution >= 0.6 is 0 Å². The number of anilines is 2. The lowest BCUT2D eigenvalue weighted by atomic mass is 10.2. The number of nitrogens with two attached hydrogens (primary N) is 4. The second-order valence-corrected chi connectivity index (χ2v) is 4.31. The molecule has 0 atom stereocenters. The molecule has 126 valence electrons. The van der Waals surface area contributed by atoms with Crippen LogP contribution in [0.15, 0.2) is 11.2 Å². The predicted molar refractivity (Wildman–Crippen MR) is 85.1 cm³/mol. The molecule has 0 aliphatic rings. The van der Waals surface area contributed by atoms with Gasteiger partial charge in [0.1, 0.15) is 5.69 Å².